The van der Waals surface area contributed by atoms with Crippen molar-refractivity contribution in [1.82, 2.24) is 0 Å². The highest BCUT2D eigenvalue weighted by atomic mass is 16.5. The molecule has 0 saturated carbocycles. The number of unbranched alkanes of at least 4 members (excludes halogenated alkanes) is 2. The van der Waals surface area contributed by atoms with Gasteiger partial charge < -0.3 is 9.84 Å². The Hall–Kier alpha value is -1.95. The molecule has 3 heteroatoms. The monoisotopic (exact) mass is 232 g/mol. The van der Waals surface area contributed by atoms with E-state index in [0.717, 1.165) is 24.8 Å². The Bertz CT molecular complexity index is 452. The van der Waals surface area contributed by atoms with Gasteiger partial charge in [-0.25, -0.2) is 4.79 Å². The fourth-order valence-electron chi connectivity index (χ4n) is 1.35. The molecule has 0 atom stereocenters. The van der Waals surface area contributed by atoms with E-state index in [1.807, 2.05) is 0 Å². The summed E-state index contributed by atoms with van der Waals surface area (Å²) in [6, 6.07) is 4.71. The summed E-state index contributed by atoms with van der Waals surface area (Å²) in [5.41, 5.74) is 0.939. The summed E-state index contributed by atoms with van der Waals surface area (Å²) in [5, 5.41) is 8.85. The molecule has 0 amide bonds. The average molecular weight is 232 g/mol. The molecule has 1 N–H and O–H groups in total. The quantitative estimate of drug-likeness (QED) is 0.641. The van der Waals surface area contributed by atoms with Crippen LogP contribution in [-0.4, -0.2) is 18.2 Å². The first kappa shape index (κ1) is 13.1. The minimum absolute atomic E-state index is 0.209. The zero-order chi connectivity index (χ0) is 12.7. The Balaban J connectivity index is 2.91. The molecule has 0 heterocycles. The summed E-state index contributed by atoms with van der Waals surface area (Å²) in [6.07, 6.45) is 3.03. The van der Waals surface area contributed by atoms with Gasteiger partial charge in [0.05, 0.1) is 18.2 Å². The molecule has 0 aromatic heterocycles. The van der Waals surface area contributed by atoms with Gasteiger partial charge in [-0.15, -0.1) is 0 Å². The predicted molar refractivity (Wildman–Crippen MR) is 66.4 cm³/mol. The molecule has 0 fully saturated rings. The second kappa shape index (κ2) is 6.59. The van der Waals surface area contributed by atoms with Gasteiger partial charge in [0.2, 0.25) is 0 Å². The molecule has 1 aromatic carbocycles. The van der Waals surface area contributed by atoms with Crippen LogP contribution in [0.2, 0.25) is 0 Å². The van der Waals surface area contributed by atoms with Gasteiger partial charge in [0.1, 0.15) is 5.75 Å². The van der Waals surface area contributed by atoms with Crippen LogP contribution in [0.25, 0.3) is 0 Å². The maximum absolute atomic E-state index is 10.8. The van der Waals surface area contributed by atoms with E-state index in [9.17, 15) is 4.79 Å². The summed E-state index contributed by atoms with van der Waals surface area (Å²) in [6.45, 7) is 2.11. The van der Waals surface area contributed by atoms with Gasteiger partial charge in [-0.3, -0.25) is 0 Å². The molecule has 0 saturated heterocycles. The van der Waals surface area contributed by atoms with Crippen LogP contribution >= 0.6 is 0 Å². The van der Waals surface area contributed by atoms with Crippen molar-refractivity contribution in [2.45, 2.75) is 26.2 Å². The lowest BCUT2D eigenvalue weighted by molar-refractivity contribution is 0.0696. The number of hydrogen-bond acceptors (Lipinski definition) is 2. The van der Waals surface area contributed by atoms with E-state index in [-0.39, 0.29) is 5.56 Å². The largest absolute Gasteiger partial charge is 0.495 e. The minimum Gasteiger partial charge on any atom is -0.495 e. The van der Waals surface area contributed by atoms with Crippen LogP contribution in [0.1, 0.15) is 42.1 Å². The molecule has 0 bridgehead atoms. The molecule has 1 rings (SSSR count). The maximum atomic E-state index is 10.8. The van der Waals surface area contributed by atoms with Crippen molar-refractivity contribution in [1.29, 1.82) is 0 Å². The standard InChI is InChI=1S/C14H16O3/c1-3-4-5-6-7-11-8-9-12(14(15)16)10-13(11)17-2/h8-10H,3-5H2,1-2H3,(H,15,16). The lowest BCUT2D eigenvalue weighted by Crippen LogP contribution is -1.98. The molecule has 0 radical (unpaired) electrons. The van der Waals surface area contributed by atoms with Crippen LogP contribution in [0.15, 0.2) is 18.2 Å². The van der Waals surface area contributed by atoms with E-state index in [0.29, 0.717) is 5.75 Å². The summed E-state index contributed by atoms with van der Waals surface area (Å²) in [4.78, 5) is 10.8. The number of carboxylic acid groups (broad SMARTS) is 1. The third-order valence-electron chi connectivity index (χ3n) is 2.33. The van der Waals surface area contributed by atoms with Crippen LogP contribution in [-0.2, 0) is 0 Å². The molecule has 0 aliphatic rings. The molecule has 17 heavy (non-hydrogen) atoms. The van der Waals surface area contributed by atoms with Crippen molar-refractivity contribution in [3.63, 3.8) is 0 Å². The Kier molecular flexibility index (Phi) is 5.09. The Morgan fingerprint density at radius 2 is 2.24 bits per heavy atom. The fourth-order valence-corrected chi connectivity index (χ4v) is 1.35. The summed E-state index contributed by atoms with van der Waals surface area (Å²) in [7, 11) is 1.51. The van der Waals surface area contributed by atoms with Crippen LogP contribution < -0.4 is 4.74 Å². The van der Waals surface area contributed by atoms with Gasteiger partial charge in [-0.05, 0) is 24.6 Å². The number of carbonyl (C=O) groups is 1. The number of methoxy groups -OCH3 is 1. The first-order valence-electron chi connectivity index (χ1n) is 5.59. The normalized spacial score (nSPS) is 9.29. The third-order valence-corrected chi connectivity index (χ3v) is 2.33. The molecule has 0 aliphatic carbocycles. The number of ether oxygens (including phenoxy) is 1. The second-order valence-electron chi connectivity index (χ2n) is 3.63. The van der Waals surface area contributed by atoms with Crippen molar-refractivity contribution >= 4 is 5.97 Å². The van der Waals surface area contributed by atoms with E-state index in [4.69, 9.17) is 9.84 Å². The predicted octanol–water partition coefficient (Wildman–Crippen LogP) is 2.94. The molecular weight excluding hydrogens is 216 g/mol. The van der Waals surface area contributed by atoms with E-state index < -0.39 is 5.97 Å². The molecule has 0 spiro atoms. The molecule has 1 aromatic rings. The first-order valence-corrected chi connectivity index (χ1v) is 5.59. The zero-order valence-corrected chi connectivity index (χ0v) is 10.1. The molecule has 0 aliphatic heterocycles. The van der Waals surface area contributed by atoms with Crippen LogP contribution in [0.4, 0.5) is 0 Å². The Labute approximate surface area is 101 Å². The lowest BCUT2D eigenvalue weighted by atomic mass is 10.1. The number of rotatable bonds is 4. The van der Waals surface area contributed by atoms with Crippen molar-refractivity contribution in [3.8, 4) is 17.6 Å². The number of benzene rings is 1. The maximum Gasteiger partial charge on any atom is 0.335 e. The van der Waals surface area contributed by atoms with Gasteiger partial charge in [0.15, 0.2) is 0 Å². The minimum atomic E-state index is -0.964. The summed E-state index contributed by atoms with van der Waals surface area (Å²) >= 11 is 0. The van der Waals surface area contributed by atoms with Crippen molar-refractivity contribution in [3.05, 3.63) is 29.3 Å². The highest BCUT2D eigenvalue weighted by Gasteiger charge is 2.07. The van der Waals surface area contributed by atoms with Crippen molar-refractivity contribution in [2.75, 3.05) is 7.11 Å². The number of hydrogen-bond donors (Lipinski definition) is 1. The van der Waals surface area contributed by atoms with Crippen molar-refractivity contribution < 1.29 is 14.6 Å². The summed E-state index contributed by atoms with van der Waals surface area (Å²) in [5.74, 6) is 5.59. The lowest BCUT2D eigenvalue weighted by Gasteiger charge is -2.04. The Morgan fingerprint density at radius 3 is 2.82 bits per heavy atom. The zero-order valence-electron chi connectivity index (χ0n) is 10.1. The molecule has 0 unspecified atom stereocenters. The highest BCUT2D eigenvalue weighted by Crippen LogP contribution is 2.19. The summed E-state index contributed by atoms with van der Waals surface area (Å²) < 4.78 is 5.13. The Morgan fingerprint density at radius 1 is 1.47 bits per heavy atom. The van der Waals surface area contributed by atoms with Gasteiger partial charge in [0.25, 0.3) is 0 Å². The number of carboxylic acids is 1. The SMILES string of the molecule is CCCCC#Cc1ccc(C(=O)O)cc1OC. The van der Waals surface area contributed by atoms with Gasteiger partial charge in [-0.1, -0.05) is 25.2 Å². The molecular formula is C14H16O3. The van der Waals surface area contributed by atoms with Crippen LogP contribution in [0, 0.1) is 11.8 Å². The third kappa shape index (κ3) is 3.84. The van der Waals surface area contributed by atoms with E-state index in [2.05, 4.69) is 18.8 Å². The van der Waals surface area contributed by atoms with Gasteiger partial charge >= 0.3 is 5.97 Å². The van der Waals surface area contributed by atoms with Crippen LogP contribution in [0.3, 0.4) is 0 Å². The fraction of sp³-hybridized carbons (Fsp3) is 0.357. The van der Waals surface area contributed by atoms with Crippen LogP contribution in [0.5, 0.6) is 5.75 Å². The van der Waals surface area contributed by atoms with E-state index in [1.54, 1.807) is 6.07 Å². The van der Waals surface area contributed by atoms with Gasteiger partial charge in [-0.2, -0.15) is 0 Å². The van der Waals surface area contributed by atoms with Crippen molar-refractivity contribution in [2.24, 2.45) is 0 Å². The second-order valence-corrected chi connectivity index (χ2v) is 3.63. The highest BCUT2D eigenvalue weighted by molar-refractivity contribution is 5.88. The number of aromatic carboxylic acids is 1. The van der Waals surface area contributed by atoms with E-state index >= 15 is 0 Å². The first-order chi connectivity index (χ1) is 8.19. The molecule has 90 valence electrons. The topological polar surface area (TPSA) is 46.5 Å². The van der Waals surface area contributed by atoms with Gasteiger partial charge in [0, 0.05) is 6.42 Å². The molecule has 3 nitrogen and oxygen atoms in total. The average Bonchev–Trinajstić information content (AvgIpc) is 2.34. The van der Waals surface area contributed by atoms with E-state index in [1.165, 1.54) is 19.2 Å². The smallest absolute Gasteiger partial charge is 0.335 e.